The molecule has 1 fully saturated rings. The van der Waals surface area contributed by atoms with Crippen molar-refractivity contribution >= 4 is 43.3 Å². The van der Waals surface area contributed by atoms with Crippen molar-refractivity contribution in [2.75, 3.05) is 13.2 Å². The van der Waals surface area contributed by atoms with Gasteiger partial charge in [0, 0.05) is 12.1 Å². The van der Waals surface area contributed by atoms with Crippen LogP contribution in [0.5, 0.6) is 5.75 Å². The van der Waals surface area contributed by atoms with Gasteiger partial charge in [-0.3, -0.25) is 4.79 Å². The first-order chi connectivity index (χ1) is 8.63. The van der Waals surface area contributed by atoms with Crippen LogP contribution in [0.3, 0.4) is 0 Å². The number of hydrogen-bond acceptors (Lipinski definition) is 5. The smallest absolute Gasteiger partial charge is 0.201 e. The quantitative estimate of drug-likeness (QED) is 0.848. The van der Waals surface area contributed by atoms with Crippen LogP contribution in [-0.4, -0.2) is 30.1 Å². The van der Waals surface area contributed by atoms with Gasteiger partial charge in [0.15, 0.2) is 21.6 Å². The summed E-state index contributed by atoms with van der Waals surface area (Å²) in [4.78, 5) is 15.5. The first-order valence-corrected chi connectivity index (χ1v) is 6.77. The maximum atomic E-state index is 13.8. The number of fused-ring (bicyclic) bond motifs is 1. The lowest BCUT2D eigenvalue weighted by atomic mass is 10.2. The zero-order valence-corrected chi connectivity index (χ0v) is 11.4. The number of Topliss-reactive ketones (excluding diaryl/α,β-unsaturated/α-hetero) is 1. The molecule has 2 aromatic rings. The minimum atomic E-state index is -0.715. The van der Waals surface area contributed by atoms with Crippen LogP contribution in [0.1, 0.15) is 0 Å². The monoisotopic (exact) mass is 331 g/mol. The molecule has 1 saturated heterocycles. The van der Waals surface area contributed by atoms with Gasteiger partial charge in [0.05, 0.1) is 16.8 Å². The summed E-state index contributed by atoms with van der Waals surface area (Å²) in [5.74, 6) is -0.637. The summed E-state index contributed by atoms with van der Waals surface area (Å²) in [6.07, 6.45) is -0.715. The van der Waals surface area contributed by atoms with Gasteiger partial charge in [-0.1, -0.05) is 0 Å². The summed E-state index contributed by atoms with van der Waals surface area (Å²) in [5.41, 5.74) is 0.561. The average Bonchev–Trinajstić information content (AvgIpc) is 2.85. The van der Waals surface area contributed by atoms with E-state index < -0.39 is 11.9 Å². The molecule has 1 aromatic carbocycles. The lowest BCUT2D eigenvalue weighted by molar-refractivity contribution is -0.122. The SMILES string of the molecule is O=C1COCC1Oc1cc2sc(Br)nc2cc1F. The summed E-state index contributed by atoms with van der Waals surface area (Å²) in [6.45, 7) is 0.198. The van der Waals surface area contributed by atoms with Gasteiger partial charge >= 0.3 is 0 Å². The molecule has 2 heterocycles. The van der Waals surface area contributed by atoms with E-state index in [1.165, 1.54) is 17.4 Å². The van der Waals surface area contributed by atoms with Crippen LogP contribution in [0.15, 0.2) is 16.0 Å². The lowest BCUT2D eigenvalue weighted by Gasteiger charge is -2.11. The molecule has 1 aliphatic rings. The van der Waals surface area contributed by atoms with E-state index in [9.17, 15) is 9.18 Å². The Hall–Kier alpha value is -1.05. The summed E-state index contributed by atoms with van der Waals surface area (Å²) in [7, 11) is 0. The predicted octanol–water partition coefficient (Wildman–Crippen LogP) is 2.54. The van der Waals surface area contributed by atoms with Crippen molar-refractivity contribution in [1.29, 1.82) is 0 Å². The third-order valence-electron chi connectivity index (χ3n) is 2.56. The normalized spacial score (nSPS) is 19.7. The zero-order valence-electron chi connectivity index (χ0n) is 8.98. The van der Waals surface area contributed by atoms with Gasteiger partial charge < -0.3 is 9.47 Å². The topological polar surface area (TPSA) is 48.4 Å². The highest BCUT2D eigenvalue weighted by molar-refractivity contribution is 9.11. The second-order valence-electron chi connectivity index (χ2n) is 3.81. The molecule has 1 atom stereocenters. The fraction of sp³-hybridized carbons (Fsp3) is 0.273. The number of rotatable bonds is 2. The number of aromatic nitrogens is 1. The van der Waals surface area contributed by atoms with Gasteiger partial charge in [0.2, 0.25) is 5.78 Å². The number of ether oxygens (including phenoxy) is 2. The van der Waals surface area contributed by atoms with E-state index in [2.05, 4.69) is 20.9 Å². The molecule has 0 saturated carbocycles. The van der Waals surface area contributed by atoms with Gasteiger partial charge in [-0.05, 0) is 15.9 Å². The standard InChI is InChI=1S/C11H7BrFNO3S/c12-11-14-6-1-5(13)8(2-10(6)18-11)17-9-4-16-3-7(9)15/h1-2,9H,3-4H2. The van der Waals surface area contributed by atoms with Crippen molar-refractivity contribution in [2.45, 2.75) is 6.10 Å². The molecular weight excluding hydrogens is 325 g/mol. The molecule has 0 bridgehead atoms. The van der Waals surface area contributed by atoms with Crippen LogP contribution in [0.4, 0.5) is 4.39 Å². The number of carbonyl (C=O) groups excluding carboxylic acids is 1. The maximum Gasteiger partial charge on any atom is 0.201 e. The summed E-state index contributed by atoms with van der Waals surface area (Å²) in [6, 6.07) is 2.85. The second-order valence-corrected chi connectivity index (χ2v) is 6.11. The average molecular weight is 332 g/mol. The Kier molecular flexibility index (Phi) is 3.04. The molecule has 94 valence electrons. The van der Waals surface area contributed by atoms with Crippen molar-refractivity contribution in [3.8, 4) is 5.75 Å². The number of ketones is 1. The van der Waals surface area contributed by atoms with E-state index in [0.717, 1.165) is 4.70 Å². The van der Waals surface area contributed by atoms with Gasteiger partial charge in [-0.25, -0.2) is 9.37 Å². The van der Waals surface area contributed by atoms with Crippen molar-refractivity contribution in [3.05, 3.63) is 21.9 Å². The van der Waals surface area contributed by atoms with E-state index >= 15 is 0 Å². The number of halogens is 2. The third-order valence-corrected chi connectivity index (χ3v) is 4.03. The Bertz CT molecular complexity index is 630. The zero-order chi connectivity index (χ0) is 12.7. The fourth-order valence-corrected chi connectivity index (χ4v) is 3.11. The summed E-state index contributed by atoms with van der Waals surface area (Å²) in [5, 5.41) is 0. The Labute approximate surface area is 114 Å². The first kappa shape index (κ1) is 12.0. The van der Waals surface area contributed by atoms with Gasteiger partial charge in [-0.2, -0.15) is 0 Å². The number of thiazole rings is 1. The van der Waals surface area contributed by atoms with Crippen molar-refractivity contribution < 1.29 is 18.7 Å². The number of nitrogens with zero attached hydrogens (tertiary/aromatic N) is 1. The van der Waals surface area contributed by atoms with E-state index in [1.54, 1.807) is 6.07 Å². The van der Waals surface area contributed by atoms with E-state index in [1.807, 2.05) is 0 Å². The highest BCUT2D eigenvalue weighted by atomic mass is 79.9. The molecule has 7 heteroatoms. The Morgan fingerprint density at radius 3 is 3.11 bits per heavy atom. The van der Waals surface area contributed by atoms with Crippen LogP contribution in [0, 0.1) is 5.82 Å². The van der Waals surface area contributed by atoms with E-state index in [0.29, 0.717) is 9.43 Å². The number of carbonyl (C=O) groups is 1. The summed E-state index contributed by atoms with van der Waals surface area (Å²) >= 11 is 4.62. The number of benzene rings is 1. The van der Waals surface area contributed by atoms with Gasteiger partial charge in [0.25, 0.3) is 0 Å². The predicted molar refractivity (Wildman–Crippen MR) is 67.5 cm³/mol. The van der Waals surface area contributed by atoms with Crippen LogP contribution < -0.4 is 4.74 Å². The molecule has 0 N–H and O–H groups in total. The summed E-state index contributed by atoms with van der Waals surface area (Å²) < 4.78 is 25.6. The van der Waals surface area contributed by atoms with Crippen LogP contribution in [0.2, 0.25) is 0 Å². The Balaban J connectivity index is 1.95. The Morgan fingerprint density at radius 1 is 1.56 bits per heavy atom. The fourth-order valence-electron chi connectivity index (χ4n) is 1.70. The van der Waals surface area contributed by atoms with Gasteiger partial charge in [0.1, 0.15) is 6.61 Å². The van der Waals surface area contributed by atoms with Gasteiger partial charge in [-0.15, -0.1) is 11.3 Å². The molecule has 0 radical (unpaired) electrons. The largest absolute Gasteiger partial charge is 0.477 e. The molecule has 0 aliphatic carbocycles. The molecule has 0 spiro atoms. The minimum absolute atomic E-state index is 0.0284. The number of hydrogen-bond donors (Lipinski definition) is 0. The van der Waals surface area contributed by atoms with E-state index in [-0.39, 0.29) is 24.7 Å². The molecular formula is C11H7BrFNO3S. The maximum absolute atomic E-state index is 13.8. The highest BCUT2D eigenvalue weighted by Gasteiger charge is 2.28. The first-order valence-electron chi connectivity index (χ1n) is 5.16. The molecule has 3 rings (SSSR count). The van der Waals surface area contributed by atoms with Crippen LogP contribution >= 0.6 is 27.3 Å². The van der Waals surface area contributed by atoms with Crippen molar-refractivity contribution in [1.82, 2.24) is 4.98 Å². The molecule has 18 heavy (non-hydrogen) atoms. The lowest BCUT2D eigenvalue weighted by Crippen LogP contribution is -2.25. The molecule has 1 aliphatic heterocycles. The molecule has 0 amide bonds. The third kappa shape index (κ3) is 2.13. The van der Waals surface area contributed by atoms with Crippen LogP contribution in [0.25, 0.3) is 10.2 Å². The minimum Gasteiger partial charge on any atom is -0.477 e. The molecule has 1 aromatic heterocycles. The molecule has 4 nitrogen and oxygen atoms in total. The van der Waals surface area contributed by atoms with Crippen LogP contribution in [-0.2, 0) is 9.53 Å². The molecule has 1 unspecified atom stereocenters. The van der Waals surface area contributed by atoms with E-state index in [4.69, 9.17) is 9.47 Å². The Morgan fingerprint density at radius 2 is 2.39 bits per heavy atom. The van der Waals surface area contributed by atoms with Crippen molar-refractivity contribution in [2.24, 2.45) is 0 Å². The highest BCUT2D eigenvalue weighted by Crippen LogP contribution is 2.32. The van der Waals surface area contributed by atoms with Crippen molar-refractivity contribution in [3.63, 3.8) is 0 Å². The second kappa shape index (κ2) is 4.56.